The summed E-state index contributed by atoms with van der Waals surface area (Å²) in [6.45, 7) is 1.79. The van der Waals surface area contributed by atoms with Gasteiger partial charge in [0.2, 0.25) is 0 Å². The molecule has 2 rings (SSSR count). The lowest BCUT2D eigenvalue weighted by Crippen LogP contribution is -2.45. The van der Waals surface area contributed by atoms with Crippen LogP contribution in [0, 0.1) is 5.41 Å². The molecule has 0 radical (unpaired) electrons. The first-order valence-electron chi connectivity index (χ1n) is 7.84. The maximum atomic E-state index is 13.2. The summed E-state index contributed by atoms with van der Waals surface area (Å²) in [5.74, 6) is -0.584. The molecule has 1 atom stereocenters. The van der Waals surface area contributed by atoms with Crippen LogP contribution in [0.4, 0.5) is 13.2 Å². The third kappa shape index (κ3) is 3.92. The van der Waals surface area contributed by atoms with Crippen LogP contribution in [0.5, 0.6) is 0 Å². The van der Waals surface area contributed by atoms with Crippen molar-refractivity contribution in [2.45, 2.75) is 57.3 Å². The van der Waals surface area contributed by atoms with E-state index >= 15 is 0 Å². The fourth-order valence-electron chi connectivity index (χ4n) is 3.25. The van der Waals surface area contributed by atoms with Gasteiger partial charge in [-0.2, -0.15) is 13.2 Å². The predicted molar refractivity (Wildman–Crippen MR) is 82.7 cm³/mol. The fraction of sp³-hybridized carbons (Fsp3) is 0.529. The van der Waals surface area contributed by atoms with Gasteiger partial charge in [0.25, 0.3) is 5.91 Å². The minimum absolute atomic E-state index is 0.0428. The monoisotopic (exact) mass is 326 g/mol. The maximum Gasteiger partial charge on any atom is 0.417 e. The molecule has 1 fully saturated rings. The molecular weight excluding hydrogens is 305 g/mol. The number of alkyl halides is 3. The first kappa shape index (κ1) is 17.5. The summed E-state index contributed by atoms with van der Waals surface area (Å²) >= 11 is 0. The molecule has 0 saturated heterocycles. The van der Waals surface area contributed by atoms with Crippen LogP contribution in [0.25, 0.3) is 0 Å². The van der Waals surface area contributed by atoms with Gasteiger partial charge in [0.1, 0.15) is 0 Å². The summed E-state index contributed by atoms with van der Waals surface area (Å²) < 4.78 is 39.6. The summed E-state index contributed by atoms with van der Waals surface area (Å²) in [7, 11) is 0. The lowest BCUT2D eigenvalue weighted by molar-refractivity contribution is -0.138. The minimum atomic E-state index is -4.56. The Bertz CT molecular complexity index is 565. The van der Waals surface area contributed by atoms with Crippen LogP contribution in [-0.4, -0.2) is 29.1 Å². The van der Waals surface area contributed by atoms with Gasteiger partial charge >= 0.3 is 6.18 Å². The Balaban J connectivity index is 2.39. The van der Waals surface area contributed by atoms with Crippen LogP contribution in [0.3, 0.4) is 0 Å². The molecule has 1 aliphatic rings. The molecule has 0 bridgehead atoms. The molecule has 1 saturated carbocycles. The highest BCUT2D eigenvalue weighted by molar-refractivity contribution is 5.96. The number of carbonyl (C=O) groups is 1. The van der Waals surface area contributed by atoms with Gasteiger partial charge in [-0.25, -0.2) is 0 Å². The standard InChI is InChI=1S/C17H21F3N2O/c1-12(10-11-21)22(13-6-2-3-7-13)16(23)14-8-4-5-9-15(14)17(18,19)20/h4-5,8-9,11-13,21H,2-3,6-7,10H2,1H3/t12-/m0/s1. The Morgan fingerprint density at radius 2 is 1.96 bits per heavy atom. The molecule has 3 nitrogen and oxygen atoms in total. The zero-order valence-electron chi connectivity index (χ0n) is 13.1. The molecule has 1 amide bonds. The number of hydrogen-bond acceptors (Lipinski definition) is 2. The first-order valence-corrected chi connectivity index (χ1v) is 7.84. The zero-order chi connectivity index (χ0) is 17.0. The van der Waals surface area contributed by atoms with Crippen LogP contribution in [0.1, 0.15) is 54.9 Å². The van der Waals surface area contributed by atoms with E-state index in [4.69, 9.17) is 5.41 Å². The van der Waals surface area contributed by atoms with Crippen molar-refractivity contribution in [3.63, 3.8) is 0 Å². The molecule has 1 aliphatic carbocycles. The molecule has 23 heavy (non-hydrogen) atoms. The van der Waals surface area contributed by atoms with Gasteiger partial charge in [0.05, 0.1) is 11.1 Å². The van der Waals surface area contributed by atoms with Crippen LogP contribution >= 0.6 is 0 Å². The van der Waals surface area contributed by atoms with Crippen LogP contribution < -0.4 is 0 Å². The fourth-order valence-corrected chi connectivity index (χ4v) is 3.25. The Hall–Kier alpha value is -1.85. The Labute approximate surface area is 134 Å². The largest absolute Gasteiger partial charge is 0.417 e. The summed E-state index contributed by atoms with van der Waals surface area (Å²) in [5.41, 5.74) is -1.20. The topological polar surface area (TPSA) is 44.2 Å². The molecular formula is C17H21F3N2O. The maximum absolute atomic E-state index is 13.2. The number of carbonyl (C=O) groups excluding carboxylic acids is 1. The molecule has 1 aromatic carbocycles. The SMILES string of the molecule is C[C@@H](CC=N)N(C(=O)c1ccccc1C(F)(F)F)C1CCCC1. The van der Waals surface area contributed by atoms with E-state index in [0.717, 1.165) is 31.7 Å². The highest BCUT2D eigenvalue weighted by Gasteiger charge is 2.38. The van der Waals surface area contributed by atoms with E-state index in [1.807, 2.05) is 0 Å². The number of rotatable bonds is 5. The second kappa shape index (κ2) is 7.15. The van der Waals surface area contributed by atoms with Crippen LogP contribution in [0.2, 0.25) is 0 Å². The van der Waals surface area contributed by atoms with Gasteiger partial charge in [-0.1, -0.05) is 25.0 Å². The Morgan fingerprint density at radius 1 is 1.35 bits per heavy atom. The molecule has 0 heterocycles. The number of benzene rings is 1. The molecule has 1 N–H and O–H groups in total. The average Bonchev–Trinajstić information content (AvgIpc) is 3.00. The highest BCUT2D eigenvalue weighted by atomic mass is 19.4. The number of hydrogen-bond donors (Lipinski definition) is 1. The van der Waals surface area contributed by atoms with Gasteiger partial charge in [0, 0.05) is 18.5 Å². The lowest BCUT2D eigenvalue weighted by Gasteiger charge is -2.35. The molecule has 0 unspecified atom stereocenters. The van der Waals surface area contributed by atoms with Crippen molar-refractivity contribution in [2.24, 2.45) is 0 Å². The first-order chi connectivity index (χ1) is 10.9. The van der Waals surface area contributed by atoms with Crippen molar-refractivity contribution in [3.8, 4) is 0 Å². The third-order valence-electron chi connectivity index (χ3n) is 4.35. The third-order valence-corrected chi connectivity index (χ3v) is 4.35. The van der Waals surface area contributed by atoms with Crippen molar-refractivity contribution in [1.29, 1.82) is 5.41 Å². The van der Waals surface area contributed by atoms with E-state index in [1.165, 1.54) is 24.4 Å². The molecule has 126 valence electrons. The number of halogens is 3. The molecule has 0 aromatic heterocycles. The zero-order valence-corrected chi connectivity index (χ0v) is 13.1. The van der Waals surface area contributed by atoms with Crippen molar-refractivity contribution < 1.29 is 18.0 Å². The number of nitrogens with zero attached hydrogens (tertiary/aromatic N) is 1. The average molecular weight is 326 g/mol. The van der Waals surface area contributed by atoms with Crippen LogP contribution in [-0.2, 0) is 6.18 Å². The molecule has 0 aliphatic heterocycles. The number of nitrogens with one attached hydrogen (secondary N) is 1. The predicted octanol–water partition coefficient (Wildman–Crippen LogP) is 4.52. The second-order valence-electron chi connectivity index (χ2n) is 5.98. The number of amides is 1. The Kier molecular flexibility index (Phi) is 5.44. The summed E-state index contributed by atoms with van der Waals surface area (Å²) in [4.78, 5) is 14.4. The summed E-state index contributed by atoms with van der Waals surface area (Å²) in [6, 6.07) is 4.60. The normalized spacial score (nSPS) is 17.0. The smallest absolute Gasteiger partial charge is 0.333 e. The van der Waals surface area contributed by atoms with E-state index in [-0.39, 0.29) is 17.6 Å². The van der Waals surface area contributed by atoms with E-state index in [2.05, 4.69) is 0 Å². The van der Waals surface area contributed by atoms with Crippen molar-refractivity contribution in [2.75, 3.05) is 0 Å². The van der Waals surface area contributed by atoms with Crippen molar-refractivity contribution >= 4 is 12.1 Å². The van der Waals surface area contributed by atoms with Gasteiger partial charge in [-0.05, 0) is 38.1 Å². The van der Waals surface area contributed by atoms with E-state index < -0.39 is 17.6 Å². The summed E-state index contributed by atoms with van der Waals surface area (Å²) in [6.07, 6.45) is 0.564. The minimum Gasteiger partial charge on any atom is -0.333 e. The van der Waals surface area contributed by atoms with Crippen molar-refractivity contribution in [3.05, 3.63) is 35.4 Å². The molecule has 1 aromatic rings. The van der Waals surface area contributed by atoms with Gasteiger partial charge in [-0.15, -0.1) is 0 Å². The second-order valence-corrected chi connectivity index (χ2v) is 5.98. The highest BCUT2D eigenvalue weighted by Crippen LogP contribution is 2.34. The van der Waals surface area contributed by atoms with Gasteiger partial charge in [-0.3, -0.25) is 4.79 Å². The molecule has 0 spiro atoms. The van der Waals surface area contributed by atoms with Gasteiger partial charge in [0.15, 0.2) is 0 Å². The summed E-state index contributed by atoms with van der Waals surface area (Å²) in [5, 5.41) is 7.24. The quantitative estimate of drug-likeness (QED) is 0.795. The van der Waals surface area contributed by atoms with E-state index in [1.54, 1.807) is 11.8 Å². The Morgan fingerprint density at radius 3 is 2.52 bits per heavy atom. The van der Waals surface area contributed by atoms with E-state index in [0.29, 0.717) is 6.42 Å². The van der Waals surface area contributed by atoms with Crippen molar-refractivity contribution in [1.82, 2.24) is 4.90 Å². The molecule has 6 heteroatoms. The van der Waals surface area contributed by atoms with Crippen LogP contribution in [0.15, 0.2) is 24.3 Å². The lowest BCUT2D eigenvalue weighted by atomic mass is 10.0. The van der Waals surface area contributed by atoms with Gasteiger partial charge < -0.3 is 10.3 Å². The van der Waals surface area contributed by atoms with E-state index in [9.17, 15) is 18.0 Å².